The van der Waals surface area contributed by atoms with Crippen molar-refractivity contribution in [2.45, 2.75) is 18.9 Å². The summed E-state index contributed by atoms with van der Waals surface area (Å²) < 4.78 is 29.0. The first-order valence-corrected chi connectivity index (χ1v) is 6.97. The van der Waals surface area contributed by atoms with Gasteiger partial charge in [-0.15, -0.1) is 0 Å². The van der Waals surface area contributed by atoms with E-state index in [-0.39, 0.29) is 5.69 Å². The number of halogens is 3. The fraction of sp³-hybridized carbons (Fsp3) is 0.214. The van der Waals surface area contributed by atoms with Crippen molar-refractivity contribution in [1.82, 2.24) is 4.57 Å². The predicted octanol–water partition coefficient (Wildman–Crippen LogP) is 4.12. The molecule has 0 unspecified atom stereocenters. The van der Waals surface area contributed by atoms with Gasteiger partial charge < -0.3 is 9.88 Å². The molecule has 1 aromatic carbocycles. The SMILES string of the molecule is O=C(Nc1ccc(F)cc1F)c1cc(Br)cn1C1CC1. The van der Waals surface area contributed by atoms with Crippen LogP contribution in [-0.4, -0.2) is 10.5 Å². The molecule has 104 valence electrons. The maximum absolute atomic E-state index is 13.5. The van der Waals surface area contributed by atoms with Crippen molar-refractivity contribution in [3.05, 3.63) is 52.3 Å². The number of hydrogen-bond donors (Lipinski definition) is 1. The number of rotatable bonds is 3. The molecule has 0 bridgehead atoms. The Morgan fingerprint density at radius 2 is 2.05 bits per heavy atom. The molecule has 0 radical (unpaired) electrons. The lowest BCUT2D eigenvalue weighted by Gasteiger charge is -2.09. The van der Waals surface area contributed by atoms with Crippen LogP contribution in [0.25, 0.3) is 0 Å². The smallest absolute Gasteiger partial charge is 0.272 e. The number of anilines is 1. The minimum atomic E-state index is -0.790. The van der Waals surface area contributed by atoms with E-state index < -0.39 is 17.5 Å². The lowest BCUT2D eigenvalue weighted by atomic mass is 10.3. The molecule has 1 amide bonds. The highest BCUT2D eigenvalue weighted by molar-refractivity contribution is 9.10. The molecule has 0 saturated heterocycles. The molecule has 6 heteroatoms. The average Bonchev–Trinajstić information content (AvgIpc) is 3.16. The van der Waals surface area contributed by atoms with E-state index in [1.807, 2.05) is 10.8 Å². The fourth-order valence-electron chi connectivity index (χ4n) is 2.06. The van der Waals surface area contributed by atoms with Crippen molar-refractivity contribution in [3.63, 3.8) is 0 Å². The molecule has 0 aliphatic heterocycles. The summed E-state index contributed by atoms with van der Waals surface area (Å²) in [5.41, 5.74) is 0.430. The largest absolute Gasteiger partial charge is 0.339 e. The van der Waals surface area contributed by atoms with Gasteiger partial charge in [0.1, 0.15) is 17.3 Å². The minimum Gasteiger partial charge on any atom is -0.339 e. The summed E-state index contributed by atoms with van der Waals surface area (Å²) in [6, 6.07) is 5.08. The number of carbonyl (C=O) groups excluding carboxylic acids is 1. The van der Waals surface area contributed by atoms with Crippen molar-refractivity contribution in [3.8, 4) is 0 Å². The van der Waals surface area contributed by atoms with Crippen LogP contribution in [0.5, 0.6) is 0 Å². The summed E-state index contributed by atoms with van der Waals surface area (Å²) in [6.45, 7) is 0. The Labute approximate surface area is 122 Å². The normalized spacial score (nSPS) is 14.3. The second-order valence-corrected chi connectivity index (χ2v) is 5.68. The summed E-state index contributed by atoms with van der Waals surface area (Å²) in [6.07, 6.45) is 3.91. The van der Waals surface area contributed by atoms with Gasteiger partial charge in [0.15, 0.2) is 0 Å². The monoisotopic (exact) mass is 340 g/mol. The molecular weight excluding hydrogens is 330 g/mol. The summed E-state index contributed by atoms with van der Waals surface area (Å²) in [5, 5.41) is 2.47. The molecule has 2 aromatic rings. The molecule has 1 aromatic heterocycles. The van der Waals surface area contributed by atoms with Gasteiger partial charge in [0.2, 0.25) is 0 Å². The van der Waals surface area contributed by atoms with Crippen LogP contribution in [0.1, 0.15) is 29.4 Å². The molecule has 20 heavy (non-hydrogen) atoms. The molecule has 1 N–H and O–H groups in total. The van der Waals surface area contributed by atoms with E-state index in [1.165, 1.54) is 6.07 Å². The zero-order chi connectivity index (χ0) is 14.3. The number of hydrogen-bond acceptors (Lipinski definition) is 1. The van der Waals surface area contributed by atoms with Gasteiger partial charge in [0.05, 0.1) is 5.69 Å². The van der Waals surface area contributed by atoms with Gasteiger partial charge in [-0.3, -0.25) is 4.79 Å². The van der Waals surface area contributed by atoms with Gasteiger partial charge in [0, 0.05) is 22.8 Å². The van der Waals surface area contributed by atoms with E-state index in [0.717, 1.165) is 29.4 Å². The Hall–Kier alpha value is -1.69. The van der Waals surface area contributed by atoms with E-state index >= 15 is 0 Å². The van der Waals surface area contributed by atoms with E-state index in [9.17, 15) is 13.6 Å². The van der Waals surface area contributed by atoms with Crippen LogP contribution in [0.3, 0.4) is 0 Å². The molecule has 1 heterocycles. The van der Waals surface area contributed by atoms with Crippen LogP contribution >= 0.6 is 15.9 Å². The van der Waals surface area contributed by atoms with E-state index in [0.29, 0.717) is 11.7 Å². The van der Waals surface area contributed by atoms with E-state index in [2.05, 4.69) is 21.2 Å². The van der Waals surface area contributed by atoms with Crippen molar-refractivity contribution >= 4 is 27.5 Å². The third-order valence-electron chi connectivity index (χ3n) is 3.17. The number of benzene rings is 1. The Bertz CT molecular complexity index is 680. The highest BCUT2D eigenvalue weighted by atomic mass is 79.9. The van der Waals surface area contributed by atoms with Crippen molar-refractivity contribution in [2.75, 3.05) is 5.32 Å². The second kappa shape index (κ2) is 5.01. The van der Waals surface area contributed by atoms with Crippen LogP contribution in [0.15, 0.2) is 34.9 Å². The third-order valence-corrected chi connectivity index (χ3v) is 3.60. The molecular formula is C14H11BrF2N2O. The minimum absolute atomic E-state index is 0.0314. The first kappa shape index (κ1) is 13.3. The molecule has 0 atom stereocenters. The number of nitrogens with one attached hydrogen (secondary N) is 1. The third kappa shape index (κ3) is 2.60. The number of carbonyl (C=O) groups is 1. The lowest BCUT2D eigenvalue weighted by Crippen LogP contribution is -2.17. The zero-order valence-corrected chi connectivity index (χ0v) is 12.0. The van der Waals surface area contributed by atoms with Gasteiger partial charge >= 0.3 is 0 Å². The van der Waals surface area contributed by atoms with Crippen LogP contribution in [-0.2, 0) is 0 Å². The summed E-state index contributed by atoms with van der Waals surface area (Å²) >= 11 is 3.33. The fourth-order valence-corrected chi connectivity index (χ4v) is 2.50. The van der Waals surface area contributed by atoms with E-state index in [1.54, 1.807) is 6.07 Å². The first-order chi connectivity index (χ1) is 9.54. The highest BCUT2D eigenvalue weighted by Crippen LogP contribution is 2.37. The summed E-state index contributed by atoms with van der Waals surface area (Å²) in [7, 11) is 0. The number of amides is 1. The molecule has 1 aliphatic carbocycles. The zero-order valence-electron chi connectivity index (χ0n) is 10.4. The van der Waals surface area contributed by atoms with Gasteiger partial charge in [0.25, 0.3) is 5.91 Å². The highest BCUT2D eigenvalue weighted by Gasteiger charge is 2.28. The molecule has 3 nitrogen and oxygen atoms in total. The molecule has 1 fully saturated rings. The van der Waals surface area contributed by atoms with Gasteiger partial charge in [-0.05, 0) is 47.0 Å². The second-order valence-electron chi connectivity index (χ2n) is 4.76. The molecule has 1 saturated carbocycles. The van der Waals surface area contributed by atoms with E-state index in [4.69, 9.17) is 0 Å². The Morgan fingerprint density at radius 3 is 2.70 bits per heavy atom. The molecule has 1 aliphatic rings. The van der Waals surface area contributed by atoms with Crippen LogP contribution < -0.4 is 5.32 Å². The van der Waals surface area contributed by atoms with Crippen molar-refractivity contribution in [2.24, 2.45) is 0 Å². The molecule has 0 spiro atoms. The topological polar surface area (TPSA) is 34.0 Å². The summed E-state index contributed by atoms with van der Waals surface area (Å²) in [5.74, 6) is -1.88. The summed E-state index contributed by atoms with van der Waals surface area (Å²) in [4.78, 5) is 12.2. The lowest BCUT2D eigenvalue weighted by molar-refractivity contribution is 0.101. The van der Waals surface area contributed by atoms with Gasteiger partial charge in [-0.1, -0.05) is 0 Å². The average molecular weight is 341 g/mol. The Balaban J connectivity index is 1.86. The standard InChI is InChI=1S/C14H11BrF2N2O/c15-8-5-13(19(7-8)10-2-3-10)14(20)18-12-4-1-9(16)6-11(12)17/h1,4-7,10H,2-3H2,(H,18,20). The first-order valence-electron chi connectivity index (χ1n) is 6.18. The molecule has 3 rings (SSSR count). The number of aromatic nitrogens is 1. The van der Waals surface area contributed by atoms with Crippen LogP contribution in [0.2, 0.25) is 0 Å². The predicted molar refractivity (Wildman–Crippen MR) is 74.7 cm³/mol. The maximum Gasteiger partial charge on any atom is 0.272 e. The van der Waals surface area contributed by atoms with Crippen molar-refractivity contribution < 1.29 is 13.6 Å². The van der Waals surface area contributed by atoms with Crippen molar-refractivity contribution in [1.29, 1.82) is 0 Å². The van der Waals surface area contributed by atoms with Gasteiger partial charge in [-0.2, -0.15) is 0 Å². The van der Waals surface area contributed by atoms with Crippen LogP contribution in [0.4, 0.5) is 14.5 Å². The maximum atomic E-state index is 13.5. The number of nitrogens with zero attached hydrogens (tertiary/aromatic N) is 1. The van der Waals surface area contributed by atoms with Gasteiger partial charge in [-0.25, -0.2) is 8.78 Å². The van der Waals surface area contributed by atoms with Crippen LogP contribution in [0, 0.1) is 11.6 Å². The Morgan fingerprint density at radius 1 is 1.30 bits per heavy atom. The quantitative estimate of drug-likeness (QED) is 0.896. The Kier molecular flexibility index (Phi) is 3.33.